The minimum Gasteiger partial charge on any atom is -0.466 e. The van der Waals surface area contributed by atoms with Gasteiger partial charge in [-0.2, -0.15) is 0 Å². The number of esters is 1. The van der Waals surface area contributed by atoms with E-state index in [9.17, 15) is 9.59 Å². The molecule has 0 spiro atoms. The standard InChI is InChI=1S/C35H41ClN4O4.CH3NO/c1-2-44-33(41)24-32(38-25-28-13-11-27(12-14-28)8-6-7-19-37-35(42)43)26-39-20-22-40(23-21-39)34(29-9-4-3-5-10-29)30-15-17-31(36)18-16-30;2-1-3/h3-5,9-18,32,34,37-38H,2,7,19-26H2,1H3,(H,42,43);1H,(H2,2,3). The second kappa shape index (κ2) is 20.7. The Kier molecular flexibility index (Phi) is 16.3. The van der Waals surface area contributed by atoms with Crippen LogP contribution >= 0.6 is 11.6 Å². The number of ether oxygens (including phenoxy) is 1. The number of hydrogen-bond acceptors (Lipinski definition) is 7. The van der Waals surface area contributed by atoms with Gasteiger partial charge in [0.05, 0.1) is 19.1 Å². The smallest absolute Gasteiger partial charge is 0.404 e. The average molecular weight is 662 g/mol. The summed E-state index contributed by atoms with van der Waals surface area (Å²) in [6.07, 6.45) is -0.0367. The van der Waals surface area contributed by atoms with Crippen molar-refractivity contribution in [2.24, 2.45) is 5.73 Å². The first-order valence-corrected chi connectivity index (χ1v) is 16.1. The number of nitrogens with zero attached hydrogens (tertiary/aromatic N) is 2. The van der Waals surface area contributed by atoms with Crippen LogP contribution in [0.2, 0.25) is 5.02 Å². The topological polar surface area (TPSA) is 137 Å². The van der Waals surface area contributed by atoms with E-state index in [1.165, 1.54) is 11.1 Å². The predicted octanol–water partition coefficient (Wildman–Crippen LogP) is 4.27. The Balaban J connectivity index is 0.00000192. The Hall–Kier alpha value is -4.40. The fraction of sp³-hybridized carbons (Fsp3) is 0.361. The molecule has 2 atom stereocenters. The highest BCUT2D eigenvalue weighted by Crippen LogP contribution is 2.30. The predicted molar refractivity (Wildman–Crippen MR) is 184 cm³/mol. The maximum Gasteiger partial charge on any atom is 0.404 e. The van der Waals surface area contributed by atoms with Gasteiger partial charge in [-0.1, -0.05) is 78.0 Å². The van der Waals surface area contributed by atoms with Gasteiger partial charge in [-0.25, -0.2) is 4.79 Å². The Morgan fingerprint density at radius 3 is 2.26 bits per heavy atom. The molecule has 4 rings (SSSR count). The highest BCUT2D eigenvalue weighted by molar-refractivity contribution is 6.30. The van der Waals surface area contributed by atoms with Crippen LogP contribution in [0.1, 0.15) is 48.1 Å². The monoisotopic (exact) mass is 661 g/mol. The molecule has 0 saturated carbocycles. The van der Waals surface area contributed by atoms with Crippen LogP contribution in [0.5, 0.6) is 0 Å². The molecule has 2 unspecified atom stereocenters. The number of nitrogens with one attached hydrogen (secondary N) is 2. The number of carbonyl (C=O) groups is 3. The summed E-state index contributed by atoms with van der Waals surface area (Å²) in [5.74, 6) is 5.84. The fourth-order valence-electron chi connectivity index (χ4n) is 5.40. The lowest BCUT2D eigenvalue weighted by Gasteiger charge is -2.40. The average Bonchev–Trinajstić information content (AvgIpc) is 3.07. The lowest BCUT2D eigenvalue weighted by Crippen LogP contribution is -2.51. The van der Waals surface area contributed by atoms with Gasteiger partial charge < -0.3 is 26.2 Å². The molecule has 1 aliphatic rings. The SMILES string of the molecule is CCOC(=O)CC(CN1CCN(C(c2ccccc2)c2ccc(Cl)cc2)CC1)NCc1ccc(C#CCCNC(=O)O)cc1.NC=O. The van der Waals surface area contributed by atoms with Crippen molar-refractivity contribution >= 4 is 30.1 Å². The highest BCUT2D eigenvalue weighted by atomic mass is 35.5. The second-order valence-corrected chi connectivity index (χ2v) is 11.3. The minimum absolute atomic E-state index is 0.0528. The molecule has 11 heteroatoms. The van der Waals surface area contributed by atoms with E-state index in [0.29, 0.717) is 32.5 Å². The molecule has 2 amide bonds. The highest BCUT2D eigenvalue weighted by Gasteiger charge is 2.28. The number of hydrogen-bond donors (Lipinski definition) is 4. The number of carboxylic acid groups (broad SMARTS) is 1. The van der Waals surface area contributed by atoms with E-state index in [2.05, 4.69) is 74.4 Å². The number of benzene rings is 3. The Labute approximate surface area is 282 Å². The van der Waals surface area contributed by atoms with Crippen molar-refractivity contribution in [2.45, 2.75) is 38.4 Å². The molecule has 250 valence electrons. The summed E-state index contributed by atoms with van der Waals surface area (Å²) in [6, 6.07) is 26.8. The third kappa shape index (κ3) is 13.5. The molecular formula is C36H44ClN5O5. The summed E-state index contributed by atoms with van der Waals surface area (Å²) in [5, 5.41) is 15.3. The molecule has 3 aromatic carbocycles. The summed E-state index contributed by atoms with van der Waals surface area (Å²) >= 11 is 6.20. The molecule has 1 saturated heterocycles. The van der Waals surface area contributed by atoms with Crippen LogP contribution in [0.4, 0.5) is 4.79 Å². The Bertz CT molecular complexity index is 1440. The van der Waals surface area contributed by atoms with Crippen molar-refractivity contribution in [3.8, 4) is 11.8 Å². The van der Waals surface area contributed by atoms with E-state index < -0.39 is 6.09 Å². The fourth-order valence-corrected chi connectivity index (χ4v) is 5.52. The van der Waals surface area contributed by atoms with Crippen molar-refractivity contribution in [1.29, 1.82) is 0 Å². The molecule has 0 bridgehead atoms. The summed E-state index contributed by atoms with van der Waals surface area (Å²) in [7, 11) is 0. The third-order valence-electron chi connectivity index (χ3n) is 7.58. The molecule has 0 aromatic heterocycles. The molecule has 3 aromatic rings. The lowest BCUT2D eigenvalue weighted by molar-refractivity contribution is -0.143. The zero-order valence-electron chi connectivity index (χ0n) is 26.7. The first-order valence-electron chi connectivity index (χ1n) is 15.7. The van der Waals surface area contributed by atoms with Gasteiger partial charge in [0, 0.05) is 68.9 Å². The first kappa shape index (κ1) is 37.1. The van der Waals surface area contributed by atoms with Crippen molar-refractivity contribution < 1.29 is 24.2 Å². The molecule has 0 radical (unpaired) electrons. The van der Waals surface area contributed by atoms with Gasteiger partial charge in [-0.05, 0) is 47.9 Å². The maximum atomic E-state index is 12.5. The van der Waals surface area contributed by atoms with E-state index in [4.69, 9.17) is 26.2 Å². The largest absolute Gasteiger partial charge is 0.466 e. The molecule has 1 heterocycles. The number of nitrogens with two attached hydrogens (primary N) is 1. The summed E-state index contributed by atoms with van der Waals surface area (Å²) in [5.41, 5.74) is 8.62. The molecule has 1 fully saturated rings. The van der Waals surface area contributed by atoms with Crippen LogP contribution in [-0.2, 0) is 20.9 Å². The number of amides is 2. The minimum atomic E-state index is -1.04. The van der Waals surface area contributed by atoms with Gasteiger partial charge in [0.15, 0.2) is 0 Å². The van der Waals surface area contributed by atoms with Gasteiger partial charge >= 0.3 is 12.1 Å². The molecule has 47 heavy (non-hydrogen) atoms. The van der Waals surface area contributed by atoms with Gasteiger partial charge in [0.1, 0.15) is 0 Å². The van der Waals surface area contributed by atoms with Crippen LogP contribution in [0.15, 0.2) is 78.9 Å². The van der Waals surface area contributed by atoms with Crippen molar-refractivity contribution in [3.05, 3.63) is 106 Å². The molecule has 10 nitrogen and oxygen atoms in total. The molecular weight excluding hydrogens is 618 g/mol. The van der Waals surface area contributed by atoms with E-state index in [1.807, 2.05) is 49.4 Å². The lowest BCUT2D eigenvalue weighted by atomic mass is 9.96. The Morgan fingerprint density at radius 1 is 1.00 bits per heavy atom. The van der Waals surface area contributed by atoms with Crippen LogP contribution in [0.25, 0.3) is 0 Å². The summed E-state index contributed by atoms with van der Waals surface area (Å²) < 4.78 is 5.28. The van der Waals surface area contributed by atoms with Gasteiger partial charge in [-0.15, -0.1) is 0 Å². The normalized spacial score (nSPS) is 14.3. The molecule has 0 aliphatic carbocycles. The maximum absolute atomic E-state index is 12.5. The van der Waals surface area contributed by atoms with E-state index in [1.54, 1.807) is 0 Å². The zero-order chi connectivity index (χ0) is 33.9. The van der Waals surface area contributed by atoms with Crippen molar-refractivity contribution in [3.63, 3.8) is 0 Å². The van der Waals surface area contributed by atoms with Crippen LogP contribution in [0.3, 0.4) is 0 Å². The molecule has 1 aliphatic heterocycles. The number of piperazine rings is 1. The number of primary amides is 1. The second-order valence-electron chi connectivity index (χ2n) is 10.9. The number of rotatable bonds is 13. The number of carbonyl (C=O) groups excluding carboxylic acids is 2. The van der Waals surface area contributed by atoms with Crippen LogP contribution < -0.4 is 16.4 Å². The quantitative estimate of drug-likeness (QED) is 0.0923. The van der Waals surface area contributed by atoms with E-state index >= 15 is 0 Å². The van der Waals surface area contributed by atoms with Gasteiger partial charge in [-0.3, -0.25) is 19.4 Å². The summed E-state index contributed by atoms with van der Waals surface area (Å²) in [4.78, 5) is 36.5. The summed E-state index contributed by atoms with van der Waals surface area (Å²) in [6.45, 7) is 7.47. The van der Waals surface area contributed by atoms with Crippen LogP contribution in [-0.4, -0.2) is 85.3 Å². The Morgan fingerprint density at radius 2 is 1.64 bits per heavy atom. The number of halogens is 1. The van der Waals surface area contributed by atoms with Gasteiger partial charge in [0.2, 0.25) is 6.41 Å². The zero-order valence-corrected chi connectivity index (χ0v) is 27.5. The van der Waals surface area contributed by atoms with Crippen molar-refractivity contribution in [1.82, 2.24) is 20.4 Å². The third-order valence-corrected chi connectivity index (χ3v) is 7.83. The molecule has 5 N–H and O–H groups in total. The van der Waals surface area contributed by atoms with Crippen molar-refractivity contribution in [2.75, 3.05) is 45.9 Å². The van der Waals surface area contributed by atoms with E-state index in [-0.39, 0.29) is 24.5 Å². The first-order chi connectivity index (χ1) is 22.8. The van der Waals surface area contributed by atoms with Gasteiger partial charge in [0.25, 0.3) is 0 Å². The van der Waals surface area contributed by atoms with E-state index in [0.717, 1.165) is 48.9 Å². The van der Waals surface area contributed by atoms with Crippen LogP contribution in [0, 0.1) is 11.8 Å².